The molecule has 0 unspecified atom stereocenters. The van der Waals surface area contributed by atoms with E-state index in [2.05, 4.69) is 46.0 Å². The van der Waals surface area contributed by atoms with E-state index < -0.39 is 8.32 Å². The molecule has 0 spiro atoms. The second kappa shape index (κ2) is 4.95. The molecule has 2 aromatic rings. The van der Waals surface area contributed by atoms with E-state index in [0.29, 0.717) is 5.56 Å². The van der Waals surface area contributed by atoms with Gasteiger partial charge in [0.15, 0.2) is 0 Å². The highest BCUT2D eigenvalue weighted by molar-refractivity contribution is 6.74. The van der Waals surface area contributed by atoms with Crippen LogP contribution in [0.15, 0.2) is 36.4 Å². The maximum absolute atomic E-state index is 8.92. The minimum atomic E-state index is -1.80. The Kier molecular flexibility index (Phi) is 3.62. The standard InChI is InChI=1S/C17H21NOSi/c1-17(2,3)20(4,5)19-16-9-8-14-10-13(12-18)6-7-15(14)11-16/h6-11H,1-5H3. The van der Waals surface area contributed by atoms with Crippen LogP contribution in [-0.2, 0) is 0 Å². The van der Waals surface area contributed by atoms with Gasteiger partial charge < -0.3 is 4.43 Å². The molecule has 0 saturated carbocycles. The zero-order chi connectivity index (χ0) is 15.0. The van der Waals surface area contributed by atoms with Crippen LogP contribution in [0.3, 0.4) is 0 Å². The van der Waals surface area contributed by atoms with E-state index in [1.54, 1.807) is 0 Å². The van der Waals surface area contributed by atoms with Crippen LogP contribution in [0, 0.1) is 11.3 Å². The van der Waals surface area contributed by atoms with Crippen molar-refractivity contribution in [3.05, 3.63) is 42.0 Å². The fourth-order valence-corrected chi connectivity index (χ4v) is 2.83. The molecule has 0 atom stereocenters. The third-order valence-corrected chi connectivity index (χ3v) is 8.48. The summed E-state index contributed by atoms with van der Waals surface area (Å²) in [6.07, 6.45) is 0. The second-order valence-electron chi connectivity index (χ2n) is 6.70. The van der Waals surface area contributed by atoms with Crippen molar-refractivity contribution in [2.75, 3.05) is 0 Å². The summed E-state index contributed by atoms with van der Waals surface area (Å²) >= 11 is 0. The monoisotopic (exact) mass is 283 g/mol. The van der Waals surface area contributed by atoms with Gasteiger partial charge >= 0.3 is 0 Å². The molecule has 0 bridgehead atoms. The molecule has 104 valence electrons. The Bertz CT molecular complexity index is 677. The molecule has 0 fully saturated rings. The number of hydrogen-bond donors (Lipinski definition) is 0. The van der Waals surface area contributed by atoms with Gasteiger partial charge in [-0.05, 0) is 53.2 Å². The van der Waals surface area contributed by atoms with Crippen LogP contribution in [0.4, 0.5) is 0 Å². The van der Waals surface area contributed by atoms with Crippen molar-refractivity contribution in [3.8, 4) is 11.8 Å². The van der Waals surface area contributed by atoms with Crippen LogP contribution in [0.2, 0.25) is 18.1 Å². The van der Waals surface area contributed by atoms with Crippen LogP contribution in [0.5, 0.6) is 5.75 Å². The molecule has 0 aromatic heterocycles. The summed E-state index contributed by atoms with van der Waals surface area (Å²) in [5, 5.41) is 11.3. The molecule has 0 saturated heterocycles. The SMILES string of the molecule is CC(C)(C)[Si](C)(C)Oc1ccc2cc(C#N)ccc2c1. The zero-order valence-electron chi connectivity index (χ0n) is 12.8. The molecule has 2 nitrogen and oxygen atoms in total. The number of nitrogens with zero attached hydrogens (tertiary/aromatic N) is 1. The molecule has 0 aliphatic heterocycles. The normalized spacial score (nSPS) is 12.2. The fraction of sp³-hybridized carbons (Fsp3) is 0.353. The van der Waals surface area contributed by atoms with E-state index in [9.17, 15) is 0 Å². The quantitative estimate of drug-likeness (QED) is 0.719. The Labute approximate surface area is 122 Å². The first-order valence-corrected chi connectivity index (χ1v) is 9.77. The number of rotatable bonds is 2. The van der Waals surface area contributed by atoms with Gasteiger partial charge in [-0.3, -0.25) is 0 Å². The first-order chi connectivity index (χ1) is 9.23. The summed E-state index contributed by atoms with van der Waals surface area (Å²) in [4.78, 5) is 0. The molecule has 0 aliphatic carbocycles. The van der Waals surface area contributed by atoms with Gasteiger partial charge in [-0.1, -0.05) is 32.9 Å². The smallest absolute Gasteiger partial charge is 0.250 e. The van der Waals surface area contributed by atoms with E-state index in [1.165, 1.54) is 0 Å². The van der Waals surface area contributed by atoms with Crippen molar-refractivity contribution in [2.24, 2.45) is 0 Å². The fourth-order valence-electron chi connectivity index (χ4n) is 1.80. The number of nitriles is 1. The number of benzene rings is 2. The average molecular weight is 283 g/mol. The lowest BCUT2D eigenvalue weighted by atomic mass is 10.1. The molecule has 2 rings (SSSR count). The lowest BCUT2D eigenvalue weighted by Gasteiger charge is -2.36. The van der Waals surface area contributed by atoms with Gasteiger partial charge in [-0.15, -0.1) is 0 Å². The molecule has 0 N–H and O–H groups in total. The maximum Gasteiger partial charge on any atom is 0.250 e. The molecule has 0 heterocycles. The van der Waals surface area contributed by atoms with Gasteiger partial charge in [0.05, 0.1) is 11.6 Å². The molecule has 0 radical (unpaired) electrons. The van der Waals surface area contributed by atoms with Crippen LogP contribution in [-0.4, -0.2) is 8.32 Å². The molecule has 0 amide bonds. The molecule has 20 heavy (non-hydrogen) atoms. The minimum absolute atomic E-state index is 0.187. The third-order valence-electron chi connectivity index (χ3n) is 4.12. The van der Waals surface area contributed by atoms with Crippen LogP contribution in [0.25, 0.3) is 10.8 Å². The van der Waals surface area contributed by atoms with Crippen LogP contribution < -0.4 is 4.43 Å². The molecular formula is C17H21NOSi. The lowest BCUT2D eigenvalue weighted by Crippen LogP contribution is -2.43. The zero-order valence-corrected chi connectivity index (χ0v) is 13.8. The predicted molar refractivity (Wildman–Crippen MR) is 86.5 cm³/mol. The van der Waals surface area contributed by atoms with Gasteiger partial charge in [-0.2, -0.15) is 5.26 Å². The van der Waals surface area contributed by atoms with Crippen molar-refractivity contribution in [1.82, 2.24) is 0 Å². The van der Waals surface area contributed by atoms with E-state index in [1.807, 2.05) is 30.3 Å². The Hall–Kier alpha value is -1.79. The highest BCUT2D eigenvalue weighted by Gasteiger charge is 2.38. The van der Waals surface area contributed by atoms with E-state index in [-0.39, 0.29) is 5.04 Å². The third kappa shape index (κ3) is 2.86. The first-order valence-electron chi connectivity index (χ1n) is 6.86. The summed E-state index contributed by atoms with van der Waals surface area (Å²) in [6.45, 7) is 11.2. The number of hydrogen-bond acceptors (Lipinski definition) is 2. The van der Waals surface area contributed by atoms with E-state index >= 15 is 0 Å². The molecular weight excluding hydrogens is 262 g/mol. The molecule has 0 aliphatic rings. The maximum atomic E-state index is 8.92. The summed E-state index contributed by atoms with van der Waals surface area (Å²) in [6, 6.07) is 14.0. The van der Waals surface area contributed by atoms with Gasteiger partial charge in [0.1, 0.15) is 5.75 Å². The Morgan fingerprint density at radius 2 is 1.60 bits per heavy atom. The van der Waals surface area contributed by atoms with Gasteiger partial charge in [0.25, 0.3) is 0 Å². The van der Waals surface area contributed by atoms with Gasteiger partial charge in [-0.25, -0.2) is 0 Å². The first kappa shape index (κ1) is 14.6. The highest BCUT2D eigenvalue weighted by Crippen LogP contribution is 2.37. The Balaban J connectivity index is 2.36. The second-order valence-corrected chi connectivity index (χ2v) is 11.4. The van der Waals surface area contributed by atoms with Crippen molar-refractivity contribution < 1.29 is 4.43 Å². The van der Waals surface area contributed by atoms with Crippen LogP contribution in [0.1, 0.15) is 26.3 Å². The van der Waals surface area contributed by atoms with Gasteiger partial charge in [0.2, 0.25) is 8.32 Å². The molecule has 2 aromatic carbocycles. The van der Waals surface area contributed by atoms with E-state index in [0.717, 1.165) is 16.5 Å². The summed E-state index contributed by atoms with van der Waals surface area (Å²) in [5.41, 5.74) is 0.690. The van der Waals surface area contributed by atoms with Crippen LogP contribution >= 0.6 is 0 Å². The highest BCUT2D eigenvalue weighted by atomic mass is 28.4. The molecule has 3 heteroatoms. The van der Waals surface area contributed by atoms with Crippen molar-refractivity contribution in [1.29, 1.82) is 5.26 Å². The minimum Gasteiger partial charge on any atom is -0.543 e. The average Bonchev–Trinajstić information content (AvgIpc) is 2.36. The summed E-state index contributed by atoms with van der Waals surface area (Å²) in [5.74, 6) is 0.925. The summed E-state index contributed by atoms with van der Waals surface area (Å²) in [7, 11) is -1.80. The number of fused-ring (bicyclic) bond motifs is 1. The van der Waals surface area contributed by atoms with Crippen molar-refractivity contribution in [2.45, 2.75) is 38.9 Å². The topological polar surface area (TPSA) is 33.0 Å². The Morgan fingerprint density at radius 1 is 1.00 bits per heavy atom. The van der Waals surface area contributed by atoms with Crippen molar-refractivity contribution in [3.63, 3.8) is 0 Å². The van der Waals surface area contributed by atoms with Gasteiger partial charge in [0, 0.05) is 0 Å². The van der Waals surface area contributed by atoms with Crippen molar-refractivity contribution >= 4 is 19.1 Å². The van der Waals surface area contributed by atoms with E-state index in [4.69, 9.17) is 9.69 Å². The largest absolute Gasteiger partial charge is 0.543 e. The predicted octanol–water partition coefficient (Wildman–Crippen LogP) is 5.10. The summed E-state index contributed by atoms with van der Waals surface area (Å²) < 4.78 is 6.30. The Morgan fingerprint density at radius 3 is 2.20 bits per heavy atom. The lowest BCUT2D eigenvalue weighted by molar-refractivity contribution is 0.493.